The van der Waals surface area contributed by atoms with Crippen molar-refractivity contribution in [1.82, 2.24) is 9.78 Å². The van der Waals surface area contributed by atoms with Crippen molar-refractivity contribution < 1.29 is 37.3 Å². The topological polar surface area (TPSA) is 82.8 Å². The summed E-state index contributed by atoms with van der Waals surface area (Å²) in [5, 5.41) is 13.2. The van der Waals surface area contributed by atoms with Gasteiger partial charge in [-0.3, -0.25) is 4.79 Å². The van der Waals surface area contributed by atoms with Crippen molar-refractivity contribution in [2.75, 3.05) is 6.61 Å². The average molecular weight is 537 g/mol. The molecule has 1 aliphatic heterocycles. The van der Waals surface area contributed by atoms with Crippen LogP contribution in [0.25, 0.3) is 5.69 Å². The van der Waals surface area contributed by atoms with Crippen molar-refractivity contribution >= 4 is 5.97 Å². The lowest BCUT2D eigenvalue weighted by atomic mass is 9.98. The minimum Gasteiger partial charge on any atom is -0.492 e. The molecule has 0 amide bonds. The molecule has 0 saturated carbocycles. The van der Waals surface area contributed by atoms with E-state index in [2.05, 4.69) is 5.10 Å². The van der Waals surface area contributed by atoms with E-state index in [1.165, 1.54) is 18.3 Å². The Morgan fingerprint density at radius 2 is 1.87 bits per heavy atom. The summed E-state index contributed by atoms with van der Waals surface area (Å²) in [6.07, 6.45) is 1.72. The van der Waals surface area contributed by atoms with E-state index in [1.54, 1.807) is 31.2 Å². The number of halogens is 3. The van der Waals surface area contributed by atoms with Crippen LogP contribution in [0, 0.1) is 24.4 Å². The number of benzene rings is 3. The van der Waals surface area contributed by atoms with Crippen molar-refractivity contribution in [3.8, 4) is 28.7 Å². The number of ether oxygens (including phenoxy) is 3. The van der Waals surface area contributed by atoms with Crippen LogP contribution in [0.1, 0.15) is 47.2 Å². The number of carboxylic acid groups (broad SMARTS) is 1. The average Bonchev–Trinajstić information content (AvgIpc) is 3.60. The number of carbonyl (C=O) groups is 1. The van der Waals surface area contributed by atoms with Gasteiger partial charge in [0.1, 0.15) is 40.6 Å². The summed E-state index contributed by atoms with van der Waals surface area (Å²) in [5.74, 6) is -2.08. The zero-order valence-electron chi connectivity index (χ0n) is 20.8. The van der Waals surface area contributed by atoms with Gasteiger partial charge >= 0.3 is 5.97 Å². The minimum absolute atomic E-state index is 0.0311. The normalized spacial score (nSPS) is 17.4. The fourth-order valence-electron chi connectivity index (χ4n) is 5.22. The van der Waals surface area contributed by atoms with Gasteiger partial charge in [-0.2, -0.15) is 5.10 Å². The van der Waals surface area contributed by atoms with Crippen LogP contribution in [0.4, 0.5) is 13.2 Å². The van der Waals surface area contributed by atoms with Crippen molar-refractivity contribution in [3.63, 3.8) is 0 Å². The van der Waals surface area contributed by atoms with Crippen LogP contribution in [0.15, 0.2) is 54.7 Å². The summed E-state index contributed by atoms with van der Waals surface area (Å²) in [7, 11) is 0. The lowest BCUT2D eigenvalue weighted by Gasteiger charge is -2.17. The van der Waals surface area contributed by atoms with Gasteiger partial charge in [-0.05, 0) is 44.0 Å². The van der Waals surface area contributed by atoms with Crippen molar-refractivity contribution in [2.45, 2.75) is 38.2 Å². The molecule has 2 atom stereocenters. The minimum atomic E-state index is -0.901. The highest BCUT2D eigenvalue weighted by Crippen LogP contribution is 2.44. The molecule has 0 saturated heterocycles. The highest BCUT2D eigenvalue weighted by Gasteiger charge is 2.32. The first-order valence-electron chi connectivity index (χ1n) is 12.4. The van der Waals surface area contributed by atoms with Gasteiger partial charge in [0.2, 0.25) is 0 Å². The molecule has 10 heteroatoms. The highest BCUT2D eigenvalue weighted by molar-refractivity contribution is 5.69. The Labute approximate surface area is 221 Å². The standard InChI is InChI=1S/C29H23F3N2O5/c1-15-8-9-34(33-15)29-22(31)11-18(12-23(29)32)39-24-7-5-21(30)28-20(24)4-6-25(28)38-17-2-3-19-16(10-27(35)36)14-37-26(19)13-17/h2-3,5,7-9,11-13,16,25H,4,6,10,14H2,1H3,(H,35,36)/t16-,25-/m1/s1. The molecular weight excluding hydrogens is 513 g/mol. The largest absolute Gasteiger partial charge is 0.492 e. The smallest absolute Gasteiger partial charge is 0.304 e. The van der Waals surface area contributed by atoms with Crippen LogP contribution in [0.5, 0.6) is 23.0 Å². The van der Waals surface area contributed by atoms with Gasteiger partial charge in [0.05, 0.1) is 18.7 Å². The lowest BCUT2D eigenvalue weighted by Crippen LogP contribution is -2.07. The Balaban J connectivity index is 1.24. The first-order valence-corrected chi connectivity index (χ1v) is 12.4. The Hall–Kier alpha value is -4.47. The number of aromatic nitrogens is 2. The van der Waals surface area contributed by atoms with Crippen LogP contribution < -0.4 is 14.2 Å². The summed E-state index contributed by atoms with van der Waals surface area (Å²) >= 11 is 0. The molecule has 0 unspecified atom stereocenters. The van der Waals surface area contributed by atoms with Gasteiger partial charge in [-0.25, -0.2) is 17.9 Å². The number of hydrogen-bond acceptors (Lipinski definition) is 5. The molecule has 0 bridgehead atoms. The number of aryl methyl sites for hydroxylation is 1. The van der Waals surface area contributed by atoms with Crippen LogP contribution in [-0.4, -0.2) is 27.5 Å². The Bertz CT molecular complexity index is 1580. The van der Waals surface area contributed by atoms with Gasteiger partial charge in [0, 0.05) is 47.0 Å². The van der Waals surface area contributed by atoms with Gasteiger partial charge in [-0.1, -0.05) is 6.07 Å². The number of fused-ring (bicyclic) bond motifs is 2. The third kappa shape index (κ3) is 4.67. The maximum absolute atomic E-state index is 15.0. The third-order valence-corrected chi connectivity index (χ3v) is 6.97. The molecule has 2 heterocycles. The summed E-state index contributed by atoms with van der Waals surface area (Å²) in [5.41, 5.74) is 1.98. The SMILES string of the molecule is Cc1ccn(-c2c(F)cc(Oc3ccc(F)c4c3CC[C@H]4Oc3ccc4c(c3)OC[C@H]4CC(=O)O)cc2F)n1. The van der Waals surface area contributed by atoms with E-state index in [1.807, 2.05) is 0 Å². The van der Waals surface area contributed by atoms with E-state index in [9.17, 15) is 18.0 Å². The fourth-order valence-corrected chi connectivity index (χ4v) is 5.22. The second-order valence-electron chi connectivity index (χ2n) is 9.63. The predicted octanol–water partition coefficient (Wildman–Crippen LogP) is 6.41. The quantitative estimate of drug-likeness (QED) is 0.294. The predicted molar refractivity (Wildman–Crippen MR) is 133 cm³/mol. The van der Waals surface area contributed by atoms with E-state index in [4.69, 9.17) is 19.3 Å². The third-order valence-electron chi connectivity index (χ3n) is 6.97. The molecule has 1 aromatic heterocycles. The number of nitrogens with zero attached hydrogens (tertiary/aromatic N) is 2. The van der Waals surface area contributed by atoms with Crippen molar-refractivity contribution in [2.24, 2.45) is 0 Å². The van der Waals surface area contributed by atoms with E-state index in [0.29, 0.717) is 41.2 Å². The second-order valence-corrected chi connectivity index (χ2v) is 9.63. The molecule has 0 spiro atoms. The molecule has 0 fully saturated rings. The molecule has 4 aromatic rings. The molecule has 2 aliphatic rings. The van der Waals surface area contributed by atoms with Crippen LogP contribution >= 0.6 is 0 Å². The van der Waals surface area contributed by atoms with E-state index in [0.717, 1.165) is 22.4 Å². The first-order chi connectivity index (χ1) is 18.8. The first kappa shape index (κ1) is 24.8. The summed E-state index contributed by atoms with van der Waals surface area (Å²) in [4.78, 5) is 11.1. The molecule has 1 N–H and O–H groups in total. The summed E-state index contributed by atoms with van der Waals surface area (Å²) < 4.78 is 63.4. The van der Waals surface area contributed by atoms with Gasteiger partial charge < -0.3 is 19.3 Å². The van der Waals surface area contributed by atoms with Crippen molar-refractivity contribution in [3.05, 3.63) is 94.6 Å². The number of rotatable bonds is 7. The molecule has 6 rings (SSSR count). The molecule has 1 aliphatic carbocycles. The van der Waals surface area contributed by atoms with Crippen LogP contribution in [0.2, 0.25) is 0 Å². The number of carboxylic acids is 1. The van der Waals surface area contributed by atoms with E-state index in [-0.39, 0.29) is 36.1 Å². The van der Waals surface area contributed by atoms with Gasteiger partial charge in [-0.15, -0.1) is 0 Å². The maximum Gasteiger partial charge on any atom is 0.304 e. The van der Waals surface area contributed by atoms with E-state index >= 15 is 0 Å². The fraction of sp³-hybridized carbons (Fsp3) is 0.241. The zero-order chi connectivity index (χ0) is 27.3. The lowest BCUT2D eigenvalue weighted by molar-refractivity contribution is -0.137. The van der Waals surface area contributed by atoms with Crippen LogP contribution in [0.3, 0.4) is 0 Å². The Morgan fingerprint density at radius 1 is 1.08 bits per heavy atom. The van der Waals surface area contributed by atoms with Crippen molar-refractivity contribution in [1.29, 1.82) is 0 Å². The van der Waals surface area contributed by atoms with Gasteiger partial charge in [0.15, 0.2) is 11.6 Å². The maximum atomic E-state index is 15.0. The molecular formula is C29H23F3N2O5. The molecule has 3 aromatic carbocycles. The molecule has 200 valence electrons. The second kappa shape index (κ2) is 9.68. The number of aliphatic carboxylic acids is 1. The number of hydrogen-bond donors (Lipinski definition) is 1. The highest BCUT2D eigenvalue weighted by atomic mass is 19.1. The molecule has 0 radical (unpaired) electrons. The summed E-state index contributed by atoms with van der Waals surface area (Å²) in [6, 6.07) is 11.6. The van der Waals surface area contributed by atoms with E-state index < -0.39 is 29.5 Å². The Kier molecular flexibility index (Phi) is 6.17. The Morgan fingerprint density at radius 3 is 2.59 bits per heavy atom. The molecule has 39 heavy (non-hydrogen) atoms. The monoisotopic (exact) mass is 536 g/mol. The summed E-state index contributed by atoms with van der Waals surface area (Å²) in [6.45, 7) is 1.99. The van der Waals surface area contributed by atoms with Gasteiger partial charge in [0.25, 0.3) is 0 Å². The van der Waals surface area contributed by atoms with Crippen LogP contribution in [-0.2, 0) is 11.2 Å². The zero-order valence-corrected chi connectivity index (χ0v) is 20.8. The molecule has 7 nitrogen and oxygen atoms in total.